The molecular formula is C10H21N3O. The van der Waals surface area contributed by atoms with Gasteiger partial charge >= 0.3 is 0 Å². The monoisotopic (exact) mass is 199 g/mol. The van der Waals surface area contributed by atoms with Crippen LogP contribution in [0.4, 0.5) is 0 Å². The Morgan fingerprint density at radius 3 is 2.43 bits per heavy atom. The van der Waals surface area contributed by atoms with Crippen molar-refractivity contribution < 1.29 is 4.79 Å². The van der Waals surface area contributed by atoms with Gasteiger partial charge in [0.15, 0.2) is 0 Å². The molecule has 1 fully saturated rings. The normalized spacial score (nSPS) is 18.6. The molecule has 1 N–H and O–H groups in total. The zero-order chi connectivity index (χ0) is 10.4. The van der Waals surface area contributed by atoms with E-state index < -0.39 is 0 Å². The molecule has 0 radical (unpaired) electrons. The van der Waals surface area contributed by atoms with Gasteiger partial charge in [0, 0.05) is 33.1 Å². The van der Waals surface area contributed by atoms with E-state index in [1.54, 1.807) is 6.92 Å². The molecule has 1 rings (SSSR count). The van der Waals surface area contributed by atoms with Crippen LogP contribution >= 0.6 is 0 Å². The van der Waals surface area contributed by atoms with Gasteiger partial charge < -0.3 is 10.2 Å². The standard InChI is InChI=1S/C10H21N3O/c1-10(14)13-8-6-12(7-9-13)5-3-4-11-2/h11H,3-9H2,1-2H3. The Bertz CT molecular complexity index is 176. The van der Waals surface area contributed by atoms with Gasteiger partial charge in [0.1, 0.15) is 0 Å². The van der Waals surface area contributed by atoms with Gasteiger partial charge in [-0.15, -0.1) is 0 Å². The summed E-state index contributed by atoms with van der Waals surface area (Å²) in [7, 11) is 1.98. The first-order valence-electron chi connectivity index (χ1n) is 5.36. The molecule has 0 aromatic carbocycles. The number of carbonyl (C=O) groups is 1. The molecule has 0 saturated carbocycles. The van der Waals surface area contributed by atoms with Crippen molar-refractivity contribution in [1.29, 1.82) is 0 Å². The van der Waals surface area contributed by atoms with Crippen LogP contribution in [-0.2, 0) is 4.79 Å². The maximum atomic E-state index is 11.1. The Hall–Kier alpha value is -0.610. The Kier molecular flexibility index (Phi) is 4.90. The Morgan fingerprint density at radius 1 is 1.29 bits per heavy atom. The second-order valence-corrected chi connectivity index (χ2v) is 3.80. The molecule has 1 aliphatic heterocycles. The van der Waals surface area contributed by atoms with E-state index in [0.717, 1.165) is 39.3 Å². The molecule has 1 amide bonds. The smallest absolute Gasteiger partial charge is 0.219 e. The van der Waals surface area contributed by atoms with Crippen molar-refractivity contribution in [3.05, 3.63) is 0 Å². The maximum Gasteiger partial charge on any atom is 0.219 e. The first-order chi connectivity index (χ1) is 6.74. The van der Waals surface area contributed by atoms with E-state index in [4.69, 9.17) is 0 Å². The molecule has 0 aromatic rings. The lowest BCUT2D eigenvalue weighted by Crippen LogP contribution is -2.48. The SMILES string of the molecule is CNCCCN1CCN(C(C)=O)CC1. The zero-order valence-electron chi connectivity index (χ0n) is 9.25. The summed E-state index contributed by atoms with van der Waals surface area (Å²) in [6.45, 7) is 7.73. The van der Waals surface area contributed by atoms with E-state index in [1.807, 2.05) is 11.9 Å². The lowest BCUT2D eigenvalue weighted by atomic mass is 10.3. The number of carbonyl (C=O) groups excluding carboxylic acids is 1. The fourth-order valence-corrected chi connectivity index (χ4v) is 1.77. The molecule has 4 nitrogen and oxygen atoms in total. The molecule has 0 unspecified atom stereocenters. The van der Waals surface area contributed by atoms with Crippen LogP contribution in [0.2, 0.25) is 0 Å². The van der Waals surface area contributed by atoms with Gasteiger partial charge in [0.05, 0.1) is 0 Å². The highest BCUT2D eigenvalue weighted by atomic mass is 16.2. The molecule has 1 aliphatic rings. The summed E-state index contributed by atoms with van der Waals surface area (Å²) in [4.78, 5) is 15.4. The van der Waals surface area contributed by atoms with Crippen molar-refractivity contribution in [2.45, 2.75) is 13.3 Å². The molecular weight excluding hydrogens is 178 g/mol. The summed E-state index contributed by atoms with van der Waals surface area (Å²) in [5.41, 5.74) is 0. The third kappa shape index (κ3) is 3.64. The molecule has 14 heavy (non-hydrogen) atoms. The summed E-state index contributed by atoms with van der Waals surface area (Å²) < 4.78 is 0. The Balaban J connectivity index is 2.12. The van der Waals surface area contributed by atoms with Crippen LogP contribution in [-0.4, -0.2) is 62.0 Å². The fraction of sp³-hybridized carbons (Fsp3) is 0.900. The number of hydrogen-bond acceptors (Lipinski definition) is 3. The second-order valence-electron chi connectivity index (χ2n) is 3.80. The van der Waals surface area contributed by atoms with Gasteiger partial charge in [0.25, 0.3) is 0 Å². The predicted octanol–water partition coefficient (Wildman–Crippen LogP) is -0.240. The van der Waals surface area contributed by atoms with Gasteiger partial charge in [-0.1, -0.05) is 0 Å². The van der Waals surface area contributed by atoms with E-state index in [9.17, 15) is 4.79 Å². The van der Waals surface area contributed by atoms with Crippen LogP contribution in [0.25, 0.3) is 0 Å². The number of nitrogens with one attached hydrogen (secondary N) is 1. The van der Waals surface area contributed by atoms with Crippen molar-refractivity contribution in [3.8, 4) is 0 Å². The summed E-state index contributed by atoms with van der Waals surface area (Å²) in [5, 5.41) is 3.14. The molecule has 1 heterocycles. The van der Waals surface area contributed by atoms with Gasteiger partial charge in [0.2, 0.25) is 5.91 Å². The minimum Gasteiger partial charge on any atom is -0.340 e. The Labute approximate surface area is 86.2 Å². The summed E-state index contributed by atoms with van der Waals surface area (Å²) in [5.74, 6) is 0.208. The van der Waals surface area contributed by atoms with Crippen LogP contribution in [0.15, 0.2) is 0 Å². The van der Waals surface area contributed by atoms with E-state index in [1.165, 1.54) is 6.42 Å². The van der Waals surface area contributed by atoms with Crippen LogP contribution in [0.1, 0.15) is 13.3 Å². The molecule has 4 heteroatoms. The largest absolute Gasteiger partial charge is 0.340 e. The fourth-order valence-electron chi connectivity index (χ4n) is 1.77. The minimum absolute atomic E-state index is 0.208. The van der Waals surface area contributed by atoms with E-state index in [2.05, 4.69) is 10.2 Å². The van der Waals surface area contributed by atoms with E-state index in [-0.39, 0.29) is 5.91 Å². The first kappa shape index (κ1) is 11.5. The average molecular weight is 199 g/mol. The minimum atomic E-state index is 0.208. The lowest BCUT2D eigenvalue weighted by Gasteiger charge is -2.34. The van der Waals surface area contributed by atoms with Gasteiger partial charge in [-0.25, -0.2) is 0 Å². The highest BCUT2D eigenvalue weighted by Gasteiger charge is 2.17. The van der Waals surface area contributed by atoms with Crippen molar-refractivity contribution in [2.75, 3.05) is 46.3 Å². The third-order valence-electron chi connectivity index (χ3n) is 2.72. The highest BCUT2D eigenvalue weighted by Crippen LogP contribution is 2.02. The number of piperazine rings is 1. The third-order valence-corrected chi connectivity index (χ3v) is 2.72. The number of amides is 1. The maximum absolute atomic E-state index is 11.1. The highest BCUT2D eigenvalue weighted by molar-refractivity contribution is 5.73. The van der Waals surface area contributed by atoms with Crippen LogP contribution in [0.3, 0.4) is 0 Å². The van der Waals surface area contributed by atoms with Crippen LogP contribution < -0.4 is 5.32 Å². The van der Waals surface area contributed by atoms with E-state index >= 15 is 0 Å². The number of nitrogens with zero attached hydrogens (tertiary/aromatic N) is 2. The predicted molar refractivity (Wildman–Crippen MR) is 57.2 cm³/mol. The summed E-state index contributed by atoms with van der Waals surface area (Å²) >= 11 is 0. The van der Waals surface area contributed by atoms with Crippen molar-refractivity contribution in [1.82, 2.24) is 15.1 Å². The van der Waals surface area contributed by atoms with Crippen molar-refractivity contribution in [2.24, 2.45) is 0 Å². The second kappa shape index (κ2) is 5.98. The quantitative estimate of drug-likeness (QED) is 0.635. The molecule has 0 atom stereocenters. The van der Waals surface area contributed by atoms with Gasteiger partial charge in [-0.2, -0.15) is 0 Å². The Morgan fingerprint density at radius 2 is 1.93 bits per heavy atom. The zero-order valence-corrected chi connectivity index (χ0v) is 9.25. The topological polar surface area (TPSA) is 35.6 Å². The lowest BCUT2D eigenvalue weighted by molar-refractivity contribution is -0.130. The number of rotatable bonds is 4. The summed E-state index contributed by atoms with van der Waals surface area (Å²) in [6.07, 6.45) is 1.19. The van der Waals surface area contributed by atoms with E-state index in [0.29, 0.717) is 0 Å². The average Bonchev–Trinajstić information content (AvgIpc) is 2.19. The molecule has 0 aromatic heterocycles. The summed E-state index contributed by atoms with van der Waals surface area (Å²) in [6, 6.07) is 0. The van der Waals surface area contributed by atoms with Crippen LogP contribution in [0.5, 0.6) is 0 Å². The number of hydrogen-bond donors (Lipinski definition) is 1. The first-order valence-corrected chi connectivity index (χ1v) is 5.36. The van der Waals surface area contributed by atoms with Crippen molar-refractivity contribution >= 4 is 5.91 Å². The molecule has 82 valence electrons. The van der Waals surface area contributed by atoms with Gasteiger partial charge in [-0.05, 0) is 26.6 Å². The van der Waals surface area contributed by atoms with Crippen molar-refractivity contribution in [3.63, 3.8) is 0 Å². The molecule has 1 saturated heterocycles. The molecule has 0 aliphatic carbocycles. The molecule has 0 spiro atoms. The van der Waals surface area contributed by atoms with Gasteiger partial charge in [-0.3, -0.25) is 9.69 Å². The van der Waals surface area contributed by atoms with Crippen LogP contribution in [0, 0.1) is 0 Å². The molecule has 0 bridgehead atoms.